The standard InChI is InChI=1S/C11H11FO3/c12-6-1-2-7(10(14)3-6)8-4-9(8)11(15)5-13/h1-3,8-9,13-14H,4-5H2. The van der Waals surface area contributed by atoms with E-state index in [1.165, 1.54) is 12.1 Å². The van der Waals surface area contributed by atoms with E-state index in [-0.39, 0.29) is 23.4 Å². The minimum atomic E-state index is -0.498. The maximum atomic E-state index is 12.7. The highest BCUT2D eigenvalue weighted by molar-refractivity contribution is 5.86. The van der Waals surface area contributed by atoms with Crippen LogP contribution in [0.5, 0.6) is 5.75 Å². The van der Waals surface area contributed by atoms with E-state index in [0.29, 0.717) is 12.0 Å². The maximum absolute atomic E-state index is 12.7. The number of carbonyl (C=O) groups is 1. The Balaban J connectivity index is 2.16. The Morgan fingerprint density at radius 2 is 2.27 bits per heavy atom. The van der Waals surface area contributed by atoms with Gasteiger partial charge < -0.3 is 10.2 Å². The van der Waals surface area contributed by atoms with Crippen molar-refractivity contribution in [3.8, 4) is 5.75 Å². The highest BCUT2D eigenvalue weighted by atomic mass is 19.1. The summed E-state index contributed by atoms with van der Waals surface area (Å²) in [5, 5.41) is 18.1. The van der Waals surface area contributed by atoms with Crippen molar-refractivity contribution in [2.24, 2.45) is 5.92 Å². The zero-order valence-electron chi connectivity index (χ0n) is 7.98. The number of Topliss-reactive ketones (excluding diaryl/α,β-unsaturated/α-hetero) is 1. The summed E-state index contributed by atoms with van der Waals surface area (Å²) >= 11 is 0. The van der Waals surface area contributed by atoms with Crippen LogP contribution in [0.25, 0.3) is 0 Å². The van der Waals surface area contributed by atoms with E-state index in [2.05, 4.69) is 0 Å². The number of carbonyl (C=O) groups excluding carboxylic acids is 1. The van der Waals surface area contributed by atoms with E-state index in [4.69, 9.17) is 5.11 Å². The van der Waals surface area contributed by atoms with Crippen LogP contribution in [0, 0.1) is 11.7 Å². The van der Waals surface area contributed by atoms with Crippen molar-refractivity contribution in [2.75, 3.05) is 6.61 Å². The number of ketones is 1. The number of aliphatic hydroxyl groups is 1. The molecular weight excluding hydrogens is 199 g/mol. The van der Waals surface area contributed by atoms with Gasteiger partial charge in [0.05, 0.1) is 0 Å². The first-order valence-corrected chi connectivity index (χ1v) is 4.75. The van der Waals surface area contributed by atoms with E-state index in [1.807, 2.05) is 0 Å². The van der Waals surface area contributed by atoms with Gasteiger partial charge in [-0.15, -0.1) is 0 Å². The number of halogens is 1. The first kappa shape index (κ1) is 10.1. The van der Waals surface area contributed by atoms with Gasteiger partial charge in [-0.25, -0.2) is 4.39 Å². The fraction of sp³-hybridized carbons (Fsp3) is 0.364. The molecule has 0 aliphatic heterocycles. The monoisotopic (exact) mass is 210 g/mol. The molecular formula is C11H11FO3. The van der Waals surface area contributed by atoms with Gasteiger partial charge in [0, 0.05) is 12.0 Å². The molecule has 0 saturated heterocycles. The van der Waals surface area contributed by atoms with Gasteiger partial charge in [0.1, 0.15) is 18.2 Å². The van der Waals surface area contributed by atoms with Gasteiger partial charge in [-0.05, 0) is 24.0 Å². The maximum Gasteiger partial charge on any atom is 0.161 e. The van der Waals surface area contributed by atoms with Crippen molar-refractivity contribution < 1.29 is 19.4 Å². The molecule has 2 unspecified atom stereocenters. The molecule has 0 heterocycles. The van der Waals surface area contributed by atoms with E-state index >= 15 is 0 Å². The predicted molar refractivity (Wildman–Crippen MR) is 51.0 cm³/mol. The van der Waals surface area contributed by atoms with Gasteiger partial charge in [-0.1, -0.05) is 6.07 Å². The molecule has 1 aromatic carbocycles. The molecule has 1 aromatic rings. The number of hydrogen-bond acceptors (Lipinski definition) is 3. The summed E-state index contributed by atoms with van der Waals surface area (Å²) in [6.07, 6.45) is 0.624. The lowest BCUT2D eigenvalue weighted by molar-refractivity contribution is -0.123. The normalized spacial score (nSPS) is 23.9. The van der Waals surface area contributed by atoms with E-state index < -0.39 is 12.4 Å². The molecule has 3 nitrogen and oxygen atoms in total. The first-order chi connectivity index (χ1) is 7.13. The van der Waals surface area contributed by atoms with Crippen LogP contribution >= 0.6 is 0 Å². The fourth-order valence-corrected chi connectivity index (χ4v) is 1.84. The second-order valence-corrected chi connectivity index (χ2v) is 3.78. The molecule has 1 aliphatic rings. The summed E-state index contributed by atoms with van der Waals surface area (Å²) in [5.74, 6) is -1.12. The van der Waals surface area contributed by atoms with Crippen LogP contribution in [-0.2, 0) is 4.79 Å². The van der Waals surface area contributed by atoms with E-state index in [1.54, 1.807) is 0 Å². The number of phenolic OH excluding ortho intramolecular Hbond substituents is 1. The van der Waals surface area contributed by atoms with Crippen LogP contribution in [0.1, 0.15) is 17.9 Å². The molecule has 2 N–H and O–H groups in total. The van der Waals surface area contributed by atoms with Gasteiger partial charge in [0.15, 0.2) is 5.78 Å². The number of hydrogen-bond donors (Lipinski definition) is 2. The Labute approximate surface area is 86.2 Å². The molecule has 0 radical (unpaired) electrons. The smallest absolute Gasteiger partial charge is 0.161 e. The number of phenols is 1. The Hall–Kier alpha value is -1.42. The summed E-state index contributed by atoms with van der Waals surface area (Å²) in [6.45, 7) is -0.469. The van der Waals surface area contributed by atoms with Crippen LogP contribution < -0.4 is 0 Å². The summed E-state index contributed by atoms with van der Waals surface area (Å²) in [7, 11) is 0. The lowest BCUT2D eigenvalue weighted by Crippen LogP contribution is -2.07. The minimum absolute atomic E-state index is 0.0646. The molecule has 15 heavy (non-hydrogen) atoms. The second kappa shape index (κ2) is 3.62. The zero-order valence-corrected chi connectivity index (χ0v) is 7.98. The molecule has 0 aromatic heterocycles. The molecule has 1 saturated carbocycles. The van der Waals surface area contributed by atoms with Gasteiger partial charge in [0.25, 0.3) is 0 Å². The highest BCUT2D eigenvalue weighted by Crippen LogP contribution is 2.50. The number of benzene rings is 1. The van der Waals surface area contributed by atoms with Crippen LogP contribution in [0.4, 0.5) is 4.39 Å². The Morgan fingerprint density at radius 1 is 1.53 bits per heavy atom. The van der Waals surface area contributed by atoms with Crippen molar-refractivity contribution in [2.45, 2.75) is 12.3 Å². The molecule has 2 rings (SSSR count). The third-order valence-corrected chi connectivity index (χ3v) is 2.75. The van der Waals surface area contributed by atoms with Crippen molar-refractivity contribution in [3.63, 3.8) is 0 Å². The second-order valence-electron chi connectivity index (χ2n) is 3.78. The molecule has 2 atom stereocenters. The van der Waals surface area contributed by atoms with Crippen LogP contribution in [0.2, 0.25) is 0 Å². The van der Waals surface area contributed by atoms with Crippen LogP contribution in [-0.4, -0.2) is 22.6 Å². The Bertz CT molecular complexity index is 403. The van der Waals surface area contributed by atoms with Crippen molar-refractivity contribution in [3.05, 3.63) is 29.6 Å². The predicted octanol–water partition coefficient (Wildman–Crippen LogP) is 1.20. The first-order valence-electron chi connectivity index (χ1n) is 4.75. The Morgan fingerprint density at radius 3 is 2.87 bits per heavy atom. The number of aliphatic hydroxyl groups excluding tert-OH is 1. The average Bonchev–Trinajstić information content (AvgIpc) is 2.96. The van der Waals surface area contributed by atoms with Gasteiger partial charge >= 0.3 is 0 Å². The molecule has 80 valence electrons. The molecule has 0 amide bonds. The van der Waals surface area contributed by atoms with E-state index in [9.17, 15) is 14.3 Å². The summed E-state index contributed by atoms with van der Waals surface area (Å²) in [6, 6.07) is 3.78. The number of aromatic hydroxyl groups is 1. The van der Waals surface area contributed by atoms with Crippen molar-refractivity contribution in [1.29, 1.82) is 0 Å². The molecule has 4 heteroatoms. The average molecular weight is 210 g/mol. The summed E-state index contributed by atoms with van der Waals surface area (Å²) in [5.41, 5.74) is 0.586. The SMILES string of the molecule is O=C(CO)C1CC1c1ccc(F)cc1O. The third-order valence-electron chi connectivity index (χ3n) is 2.75. The van der Waals surface area contributed by atoms with Crippen LogP contribution in [0.15, 0.2) is 18.2 Å². The van der Waals surface area contributed by atoms with Crippen LogP contribution in [0.3, 0.4) is 0 Å². The molecule has 0 bridgehead atoms. The molecule has 0 spiro atoms. The highest BCUT2D eigenvalue weighted by Gasteiger charge is 2.44. The van der Waals surface area contributed by atoms with Crippen molar-refractivity contribution in [1.82, 2.24) is 0 Å². The van der Waals surface area contributed by atoms with Gasteiger partial charge in [0.2, 0.25) is 0 Å². The van der Waals surface area contributed by atoms with Crippen molar-refractivity contribution >= 4 is 5.78 Å². The molecule has 1 aliphatic carbocycles. The summed E-state index contributed by atoms with van der Waals surface area (Å²) in [4.78, 5) is 11.1. The zero-order chi connectivity index (χ0) is 11.0. The number of rotatable bonds is 3. The minimum Gasteiger partial charge on any atom is -0.508 e. The van der Waals surface area contributed by atoms with E-state index in [0.717, 1.165) is 6.07 Å². The quantitative estimate of drug-likeness (QED) is 0.788. The largest absolute Gasteiger partial charge is 0.508 e. The van der Waals surface area contributed by atoms with Gasteiger partial charge in [-0.3, -0.25) is 4.79 Å². The Kier molecular flexibility index (Phi) is 2.44. The lowest BCUT2D eigenvalue weighted by Gasteiger charge is -2.02. The fourth-order valence-electron chi connectivity index (χ4n) is 1.84. The van der Waals surface area contributed by atoms with Gasteiger partial charge in [-0.2, -0.15) is 0 Å². The summed E-state index contributed by atoms with van der Waals surface area (Å²) < 4.78 is 12.7. The molecule has 1 fully saturated rings. The topological polar surface area (TPSA) is 57.5 Å². The lowest BCUT2D eigenvalue weighted by atomic mass is 10.1. The third kappa shape index (κ3) is 1.85.